The van der Waals surface area contributed by atoms with Crippen molar-refractivity contribution in [2.45, 2.75) is 64.5 Å². The summed E-state index contributed by atoms with van der Waals surface area (Å²) in [5.74, 6) is 0. The summed E-state index contributed by atoms with van der Waals surface area (Å²) < 4.78 is 0. The SMILES string of the molecule is CCCCC(N)CN1CCCC1(C)C. The summed E-state index contributed by atoms with van der Waals surface area (Å²) in [6.07, 6.45) is 6.39. The van der Waals surface area contributed by atoms with E-state index in [9.17, 15) is 0 Å². The molecule has 14 heavy (non-hydrogen) atoms. The highest BCUT2D eigenvalue weighted by molar-refractivity contribution is 4.89. The molecule has 2 nitrogen and oxygen atoms in total. The summed E-state index contributed by atoms with van der Waals surface area (Å²) in [5, 5.41) is 0. The van der Waals surface area contributed by atoms with E-state index >= 15 is 0 Å². The zero-order valence-corrected chi connectivity index (χ0v) is 10.1. The summed E-state index contributed by atoms with van der Waals surface area (Å²) in [4.78, 5) is 2.56. The Morgan fingerprint density at radius 3 is 2.64 bits per heavy atom. The summed E-state index contributed by atoms with van der Waals surface area (Å²) >= 11 is 0. The molecule has 1 rings (SSSR count). The van der Waals surface area contributed by atoms with Gasteiger partial charge in [0.1, 0.15) is 0 Å². The lowest BCUT2D eigenvalue weighted by Gasteiger charge is -2.33. The van der Waals surface area contributed by atoms with Crippen LogP contribution < -0.4 is 5.73 Å². The first-order valence-electron chi connectivity index (χ1n) is 6.07. The van der Waals surface area contributed by atoms with Crippen molar-refractivity contribution < 1.29 is 0 Å². The number of rotatable bonds is 5. The minimum Gasteiger partial charge on any atom is -0.327 e. The molecule has 0 radical (unpaired) electrons. The molecule has 1 fully saturated rings. The molecular weight excluding hydrogens is 172 g/mol. The lowest BCUT2D eigenvalue weighted by Crippen LogP contribution is -2.45. The second-order valence-corrected chi connectivity index (χ2v) is 5.26. The first kappa shape index (κ1) is 12.0. The van der Waals surface area contributed by atoms with Crippen molar-refractivity contribution in [3.05, 3.63) is 0 Å². The average molecular weight is 198 g/mol. The molecule has 1 heterocycles. The zero-order chi connectivity index (χ0) is 10.6. The van der Waals surface area contributed by atoms with Crippen LogP contribution in [-0.4, -0.2) is 29.6 Å². The first-order valence-corrected chi connectivity index (χ1v) is 6.07. The molecule has 1 aliphatic heterocycles. The van der Waals surface area contributed by atoms with Gasteiger partial charge in [-0.3, -0.25) is 4.90 Å². The van der Waals surface area contributed by atoms with E-state index in [4.69, 9.17) is 5.73 Å². The van der Waals surface area contributed by atoms with E-state index in [1.165, 1.54) is 38.6 Å². The van der Waals surface area contributed by atoms with Gasteiger partial charge in [0.2, 0.25) is 0 Å². The summed E-state index contributed by atoms with van der Waals surface area (Å²) in [6.45, 7) is 9.24. The maximum atomic E-state index is 6.12. The summed E-state index contributed by atoms with van der Waals surface area (Å²) in [5.41, 5.74) is 6.51. The fraction of sp³-hybridized carbons (Fsp3) is 1.00. The van der Waals surface area contributed by atoms with Crippen molar-refractivity contribution in [2.75, 3.05) is 13.1 Å². The molecule has 0 aromatic heterocycles. The molecular formula is C12H26N2. The molecule has 1 atom stereocenters. The van der Waals surface area contributed by atoms with Crippen LogP contribution in [0.4, 0.5) is 0 Å². The molecule has 0 spiro atoms. The highest BCUT2D eigenvalue weighted by Gasteiger charge is 2.32. The minimum atomic E-state index is 0.382. The molecule has 0 amide bonds. The topological polar surface area (TPSA) is 29.3 Å². The first-order chi connectivity index (χ1) is 6.56. The Morgan fingerprint density at radius 1 is 1.43 bits per heavy atom. The van der Waals surface area contributed by atoms with Crippen LogP contribution in [-0.2, 0) is 0 Å². The Morgan fingerprint density at radius 2 is 2.14 bits per heavy atom. The van der Waals surface area contributed by atoms with Crippen LogP contribution in [0, 0.1) is 0 Å². The van der Waals surface area contributed by atoms with E-state index in [0.29, 0.717) is 11.6 Å². The highest BCUT2D eigenvalue weighted by atomic mass is 15.2. The van der Waals surface area contributed by atoms with Gasteiger partial charge in [-0.2, -0.15) is 0 Å². The number of nitrogens with two attached hydrogens (primary N) is 1. The second-order valence-electron chi connectivity index (χ2n) is 5.26. The number of hydrogen-bond acceptors (Lipinski definition) is 2. The maximum absolute atomic E-state index is 6.12. The smallest absolute Gasteiger partial charge is 0.0168 e. The van der Waals surface area contributed by atoms with E-state index in [2.05, 4.69) is 25.7 Å². The number of likely N-dealkylation sites (tertiary alicyclic amines) is 1. The molecule has 1 unspecified atom stereocenters. The predicted molar refractivity (Wildman–Crippen MR) is 62.4 cm³/mol. The third kappa shape index (κ3) is 3.25. The van der Waals surface area contributed by atoms with Crippen LogP contribution in [0.3, 0.4) is 0 Å². The molecule has 1 aliphatic rings. The largest absolute Gasteiger partial charge is 0.327 e. The maximum Gasteiger partial charge on any atom is 0.0168 e. The van der Waals surface area contributed by atoms with Gasteiger partial charge in [0.25, 0.3) is 0 Å². The summed E-state index contributed by atoms with van der Waals surface area (Å²) in [6, 6.07) is 0.382. The highest BCUT2D eigenvalue weighted by Crippen LogP contribution is 2.28. The lowest BCUT2D eigenvalue weighted by molar-refractivity contribution is 0.162. The van der Waals surface area contributed by atoms with Crippen LogP contribution in [0.15, 0.2) is 0 Å². The van der Waals surface area contributed by atoms with Gasteiger partial charge in [-0.25, -0.2) is 0 Å². The Kier molecular flexibility index (Phi) is 4.39. The monoisotopic (exact) mass is 198 g/mol. The second kappa shape index (κ2) is 5.13. The Hall–Kier alpha value is -0.0800. The Balaban J connectivity index is 2.29. The fourth-order valence-corrected chi connectivity index (χ4v) is 2.34. The van der Waals surface area contributed by atoms with Crippen molar-refractivity contribution in [1.82, 2.24) is 4.90 Å². The third-order valence-corrected chi connectivity index (χ3v) is 3.46. The van der Waals surface area contributed by atoms with Crippen molar-refractivity contribution in [3.63, 3.8) is 0 Å². The third-order valence-electron chi connectivity index (χ3n) is 3.46. The normalized spacial score (nSPS) is 24.0. The number of nitrogens with zero attached hydrogens (tertiary/aromatic N) is 1. The molecule has 0 aliphatic carbocycles. The van der Waals surface area contributed by atoms with Gasteiger partial charge < -0.3 is 5.73 Å². The zero-order valence-electron chi connectivity index (χ0n) is 10.1. The van der Waals surface area contributed by atoms with Crippen molar-refractivity contribution in [3.8, 4) is 0 Å². The van der Waals surface area contributed by atoms with Crippen LogP contribution in [0.2, 0.25) is 0 Å². The average Bonchev–Trinajstić information content (AvgIpc) is 2.43. The molecule has 0 aromatic rings. The lowest BCUT2D eigenvalue weighted by atomic mass is 10.0. The molecule has 84 valence electrons. The van der Waals surface area contributed by atoms with Crippen LogP contribution in [0.1, 0.15) is 52.9 Å². The molecule has 2 heteroatoms. The van der Waals surface area contributed by atoms with Gasteiger partial charge in [0, 0.05) is 18.1 Å². The standard InChI is InChI=1S/C12H26N2/c1-4-5-7-11(13)10-14-9-6-8-12(14,2)3/h11H,4-10,13H2,1-3H3. The van der Waals surface area contributed by atoms with Crippen molar-refractivity contribution >= 4 is 0 Å². The Bertz CT molecular complexity index is 166. The Labute approximate surface area is 88.8 Å². The van der Waals surface area contributed by atoms with Crippen LogP contribution >= 0.6 is 0 Å². The van der Waals surface area contributed by atoms with Crippen LogP contribution in [0.5, 0.6) is 0 Å². The minimum absolute atomic E-state index is 0.382. The molecule has 0 bridgehead atoms. The fourth-order valence-electron chi connectivity index (χ4n) is 2.34. The quantitative estimate of drug-likeness (QED) is 0.735. The predicted octanol–water partition coefficient (Wildman–Crippen LogP) is 2.38. The van der Waals surface area contributed by atoms with E-state index in [1.807, 2.05) is 0 Å². The van der Waals surface area contributed by atoms with Gasteiger partial charge in [-0.05, 0) is 39.7 Å². The van der Waals surface area contributed by atoms with E-state index in [-0.39, 0.29) is 0 Å². The van der Waals surface area contributed by atoms with Crippen LogP contribution in [0.25, 0.3) is 0 Å². The van der Waals surface area contributed by atoms with E-state index < -0.39 is 0 Å². The van der Waals surface area contributed by atoms with Gasteiger partial charge >= 0.3 is 0 Å². The van der Waals surface area contributed by atoms with E-state index in [1.54, 1.807) is 0 Å². The molecule has 1 saturated heterocycles. The van der Waals surface area contributed by atoms with Crippen molar-refractivity contribution in [2.24, 2.45) is 5.73 Å². The van der Waals surface area contributed by atoms with Gasteiger partial charge in [-0.1, -0.05) is 19.8 Å². The number of unbranched alkanes of at least 4 members (excludes halogenated alkanes) is 1. The van der Waals surface area contributed by atoms with E-state index in [0.717, 1.165) is 6.54 Å². The number of hydrogen-bond donors (Lipinski definition) is 1. The van der Waals surface area contributed by atoms with Gasteiger partial charge in [0.15, 0.2) is 0 Å². The summed E-state index contributed by atoms with van der Waals surface area (Å²) in [7, 11) is 0. The van der Waals surface area contributed by atoms with Gasteiger partial charge in [-0.15, -0.1) is 0 Å². The van der Waals surface area contributed by atoms with Gasteiger partial charge in [0.05, 0.1) is 0 Å². The molecule has 0 saturated carbocycles. The molecule has 2 N–H and O–H groups in total. The van der Waals surface area contributed by atoms with Crippen molar-refractivity contribution in [1.29, 1.82) is 0 Å². The molecule has 0 aromatic carbocycles.